The van der Waals surface area contributed by atoms with E-state index in [2.05, 4.69) is 53.5 Å². The summed E-state index contributed by atoms with van der Waals surface area (Å²) in [7, 11) is 0. The number of carbonyl (C=O) groups excluding carboxylic acids is 1. The van der Waals surface area contributed by atoms with Crippen molar-refractivity contribution in [1.29, 1.82) is 0 Å². The van der Waals surface area contributed by atoms with Crippen LogP contribution >= 0.6 is 0 Å². The van der Waals surface area contributed by atoms with E-state index < -0.39 is 0 Å². The Bertz CT molecular complexity index is 1030. The summed E-state index contributed by atoms with van der Waals surface area (Å²) in [6, 6.07) is 24.6. The van der Waals surface area contributed by atoms with E-state index in [1.165, 1.54) is 5.56 Å². The Morgan fingerprint density at radius 3 is 2.33 bits per heavy atom. The van der Waals surface area contributed by atoms with Crippen molar-refractivity contribution in [1.82, 2.24) is 10.2 Å². The van der Waals surface area contributed by atoms with Crippen LogP contribution in [0.4, 0.5) is 0 Å². The molecule has 172 valence electrons. The van der Waals surface area contributed by atoms with Crippen molar-refractivity contribution >= 4 is 5.91 Å². The molecule has 0 unspecified atom stereocenters. The van der Waals surface area contributed by atoms with Crippen LogP contribution < -0.4 is 10.1 Å². The topological polar surface area (TPSA) is 50.8 Å². The fourth-order valence-electron chi connectivity index (χ4n) is 3.95. The summed E-state index contributed by atoms with van der Waals surface area (Å²) in [4.78, 5) is 14.7. The zero-order valence-electron chi connectivity index (χ0n) is 19.3. The van der Waals surface area contributed by atoms with Gasteiger partial charge in [0.15, 0.2) is 0 Å². The highest BCUT2D eigenvalue weighted by molar-refractivity contribution is 5.78. The molecule has 33 heavy (non-hydrogen) atoms. The summed E-state index contributed by atoms with van der Waals surface area (Å²) < 4.78 is 11.3. The number of benzene rings is 3. The number of hydrogen-bond donors (Lipinski definition) is 1. The monoisotopic (exact) mass is 444 g/mol. The van der Waals surface area contributed by atoms with Gasteiger partial charge < -0.3 is 14.8 Å². The van der Waals surface area contributed by atoms with Gasteiger partial charge in [-0.15, -0.1) is 0 Å². The number of rotatable bonds is 9. The highest BCUT2D eigenvalue weighted by Crippen LogP contribution is 2.23. The normalized spacial score (nSPS) is 14.1. The van der Waals surface area contributed by atoms with Crippen LogP contribution in [-0.2, 0) is 22.5 Å². The van der Waals surface area contributed by atoms with Crippen molar-refractivity contribution in [2.24, 2.45) is 0 Å². The largest absolute Gasteiger partial charge is 0.492 e. The lowest BCUT2D eigenvalue weighted by atomic mass is 10.0. The molecular weight excluding hydrogens is 412 g/mol. The van der Waals surface area contributed by atoms with Gasteiger partial charge in [0.05, 0.1) is 19.6 Å². The van der Waals surface area contributed by atoms with E-state index in [1.54, 1.807) is 0 Å². The summed E-state index contributed by atoms with van der Waals surface area (Å²) in [5.41, 5.74) is 5.57. The number of carbonyl (C=O) groups is 1. The molecule has 5 nitrogen and oxygen atoms in total. The van der Waals surface area contributed by atoms with Gasteiger partial charge in [-0.1, -0.05) is 66.2 Å². The SMILES string of the molecule is Cc1cccc(CNC(=O)Cc2ccc(-c3ccc(OCCN4CCOCC4)cc3)cc2)c1. The van der Waals surface area contributed by atoms with E-state index in [0.29, 0.717) is 19.6 Å². The minimum Gasteiger partial charge on any atom is -0.492 e. The van der Waals surface area contributed by atoms with Gasteiger partial charge in [0.2, 0.25) is 5.91 Å². The zero-order valence-corrected chi connectivity index (χ0v) is 19.3. The Labute approximate surface area is 196 Å². The van der Waals surface area contributed by atoms with E-state index in [9.17, 15) is 4.79 Å². The van der Waals surface area contributed by atoms with Gasteiger partial charge >= 0.3 is 0 Å². The van der Waals surface area contributed by atoms with Crippen molar-refractivity contribution in [3.63, 3.8) is 0 Å². The Morgan fingerprint density at radius 1 is 0.939 bits per heavy atom. The Morgan fingerprint density at radius 2 is 1.64 bits per heavy atom. The average Bonchev–Trinajstić information content (AvgIpc) is 2.85. The molecule has 4 rings (SSSR count). The number of ether oxygens (including phenoxy) is 2. The number of amides is 1. The predicted molar refractivity (Wildman–Crippen MR) is 131 cm³/mol. The molecule has 1 N–H and O–H groups in total. The van der Waals surface area contributed by atoms with Gasteiger partial charge in [0.1, 0.15) is 12.4 Å². The van der Waals surface area contributed by atoms with Gasteiger partial charge in [-0.25, -0.2) is 0 Å². The van der Waals surface area contributed by atoms with Crippen molar-refractivity contribution in [3.05, 3.63) is 89.5 Å². The maximum atomic E-state index is 12.3. The molecule has 0 radical (unpaired) electrons. The highest BCUT2D eigenvalue weighted by atomic mass is 16.5. The number of nitrogens with zero attached hydrogens (tertiary/aromatic N) is 1. The maximum absolute atomic E-state index is 12.3. The minimum atomic E-state index is 0.0304. The van der Waals surface area contributed by atoms with Crippen LogP contribution in [0.25, 0.3) is 11.1 Å². The van der Waals surface area contributed by atoms with E-state index in [0.717, 1.165) is 60.9 Å². The van der Waals surface area contributed by atoms with Crippen molar-refractivity contribution in [2.45, 2.75) is 19.9 Å². The van der Waals surface area contributed by atoms with Gasteiger partial charge in [-0.2, -0.15) is 0 Å². The molecule has 0 aromatic heterocycles. The second kappa shape index (κ2) is 11.6. The molecule has 5 heteroatoms. The minimum absolute atomic E-state index is 0.0304. The Hall–Kier alpha value is -3.15. The molecule has 1 saturated heterocycles. The van der Waals surface area contributed by atoms with Crippen LogP contribution in [0.1, 0.15) is 16.7 Å². The summed E-state index contributed by atoms with van der Waals surface area (Å²) >= 11 is 0. The van der Waals surface area contributed by atoms with Gasteiger partial charge in [-0.05, 0) is 41.3 Å². The molecular formula is C28H32N2O3. The molecule has 0 saturated carbocycles. The first-order valence-corrected chi connectivity index (χ1v) is 11.6. The molecule has 0 aliphatic carbocycles. The lowest BCUT2D eigenvalue weighted by Crippen LogP contribution is -2.38. The van der Waals surface area contributed by atoms with Crippen molar-refractivity contribution in [2.75, 3.05) is 39.5 Å². The van der Waals surface area contributed by atoms with Gasteiger partial charge in [0, 0.05) is 26.2 Å². The van der Waals surface area contributed by atoms with Crippen LogP contribution in [0.15, 0.2) is 72.8 Å². The predicted octanol–water partition coefficient (Wildman–Crippen LogP) is 4.23. The van der Waals surface area contributed by atoms with E-state index in [1.807, 2.05) is 36.4 Å². The van der Waals surface area contributed by atoms with Crippen molar-refractivity contribution < 1.29 is 14.3 Å². The molecule has 3 aromatic rings. The molecule has 1 aliphatic heterocycles. The molecule has 0 atom stereocenters. The summed E-state index contributed by atoms with van der Waals surface area (Å²) in [5, 5.41) is 3.00. The third-order valence-corrected chi connectivity index (χ3v) is 5.86. The lowest BCUT2D eigenvalue weighted by molar-refractivity contribution is -0.120. The first kappa shape index (κ1) is 23.0. The number of hydrogen-bond acceptors (Lipinski definition) is 4. The number of aryl methyl sites for hydroxylation is 1. The smallest absolute Gasteiger partial charge is 0.224 e. The van der Waals surface area contributed by atoms with Crippen LogP contribution in [0.3, 0.4) is 0 Å². The standard InChI is InChI=1S/C28H32N2O3/c1-22-3-2-4-24(19-22)21-29-28(31)20-23-5-7-25(8-6-23)26-9-11-27(12-10-26)33-18-15-30-13-16-32-17-14-30/h2-12,19H,13-18,20-21H2,1H3,(H,29,31). The van der Waals surface area contributed by atoms with Crippen LogP contribution in [0.2, 0.25) is 0 Å². The van der Waals surface area contributed by atoms with Gasteiger partial charge in [-0.3, -0.25) is 9.69 Å². The van der Waals surface area contributed by atoms with Crippen LogP contribution in [0, 0.1) is 6.92 Å². The second-order valence-electron chi connectivity index (χ2n) is 8.47. The molecule has 1 fully saturated rings. The summed E-state index contributed by atoms with van der Waals surface area (Å²) in [6.07, 6.45) is 0.377. The second-order valence-corrected chi connectivity index (χ2v) is 8.47. The zero-order chi connectivity index (χ0) is 22.9. The fraction of sp³-hybridized carbons (Fsp3) is 0.321. The maximum Gasteiger partial charge on any atom is 0.224 e. The summed E-state index contributed by atoms with van der Waals surface area (Å²) in [6.45, 7) is 7.79. The molecule has 1 aliphatic rings. The number of morpholine rings is 1. The lowest BCUT2D eigenvalue weighted by Gasteiger charge is -2.26. The van der Waals surface area contributed by atoms with E-state index >= 15 is 0 Å². The third-order valence-electron chi connectivity index (χ3n) is 5.86. The Kier molecular flexibility index (Phi) is 8.12. The molecule has 0 spiro atoms. The van der Waals surface area contributed by atoms with Crippen molar-refractivity contribution in [3.8, 4) is 16.9 Å². The third kappa shape index (κ3) is 7.17. The Balaban J connectivity index is 1.23. The highest BCUT2D eigenvalue weighted by Gasteiger charge is 2.10. The molecule has 3 aromatic carbocycles. The van der Waals surface area contributed by atoms with E-state index in [4.69, 9.17) is 9.47 Å². The quantitative estimate of drug-likeness (QED) is 0.537. The average molecular weight is 445 g/mol. The molecule has 0 bridgehead atoms. The van der Waals surface area contributed by atoms with E-state index in [-0.39, 0.29) is 5.91 Å². The first-order chi connectivity index (χ1) is 16.2. The molecule has 1 amide bonds. The number of nitrogens with one attached hydrogen (secondary N) is 1. The fourth-order valence-corrected chi connectivity index (χ4v) is 3.95. The van der Waals surface area contributed by atoms with Gasteiger partial charge in [0.25, 0.3) is 0 Å². The molecule has 1 heterocycles. The summed E-state index contributed by atoms with van der Waals surface area (Å²) in [5.74, 6) is 0.914. The van der Waals surface area contributed by atoms with Crippen LogP contribution in [-0.4, -0.2) is 50.3 Å². The van der Waals surface area contributed by atoms with Crippen LogP contribution in [0.5, 0.6) is 5.75 Å². The first-order valence-electron chi connectivity index (χ1n) is 11.6.